The van der Waals surface area contributed by atoms with Gasteiger partial charge in [0.1, 0.15) is 24.0 Å². The van der Waals surface area contributed by atoms with Gasteiger partial charge in [-0.2, -0.15) is 18.2 Å². The number of ether oxygens (including phenoxy) is 1. The molecule has 0 bridgehead atoms. The maximum atomic E-state index is 12.9. The number of para-hydroxylation sites is 2. The zero-order chi connectivity index (χ0) is 35.1. The molecule has 1 amide bonds. The van der Waals surface area contributed by atoms with E-state index in [1.165, 1.54) is 12.3 Å². The van der Waals surface area contributed by atoms with E-state index in [0.29, 0.717) is 27.1 Å². The number of nitrogens with zero attached hydrogens (tertiary/aromatic N) is 4. The first-order valence-corrected chi connectivity index (χ1v) is 14.5. The SMILES string of the molecule is Cc1cn(C[C@H](NC(=O)OCc2ccccc2)C(=O)O)c(=O)nc1NCc1ccc(Nc2nc3ccccc3n2OC(=O)C(F)(F)F)cc1. The molecule has 0 fully saturated rings. The molecule has 49 heavy (non-hydrogen) atoms. The zero-order valence-corrected chi connectivity index (χ0v) is 25.6. The van der Waals surface area contributed by atoms with E-state index in [0.717, 1.165) is 10.1 Å². The molecule has 1 atom stereocenters. The van der Waals surface area contributed by atoms with Crippen molar-refractivity contribution in [2.75, 3.05) is 10.6 Å². The van der Waals surface area contributed by atoms with Crippen molar-refractivity contribution < 1.29 is 42.2 Å². The number of hydrogen-bond donors (Lipinski definition) is 4. The van der Waals surface area contributed by atoms with Gasteiger partial charge in [-0.15, -0.1) is 4.73 Å². The number of nitrogens with one attached hydrogen (secondary N) is 3. The molecular weight excluding hydrogens is 651 g/mol. The van der Waals surface area contributed by atoms with E-state index in [2.05, 4.69) is 30.8 Å². The molecule has 5 aromatic rings. The van der Waals surface area contributed by atoms with Gasteiger partial charge in [-0.1, -0.05) is 54.6 Å². The molecule has 2 aromatic heterocycles. The van der Waals surface area contributed by atoms with E-state index in [1.807, 2.05) is 0 Å². The van der Waals surface area contributed by atoms with Crippen LogP contribution >= 0.6 is 0 Å². The maximum absolute atomic E-state index is 12.9. The minimum Gasteiger partial charge on any atom is -0.480 e. The minimum absolute atomic E-state index is 0.0651. The summed E-state index contributed by atoms with van der Waals surface area (Å²) in [5, 5.41) is 17.7. The van der Waals surface area contributed by atoms with E-state index in [4.69, 9.17) is 4.74 Å². The lowest BCUT2D eigenvalue weighted by Crippen LogP contribution is -2.45. The molecule has 0 saturated heterocycles. The second kappa shape index (κ2) is 14.6. The van der Waals surface area contributed by atoms with Crippen LogP contribution in [0.5, 0.6) is 0 Å². The number of rotatable bonds is 12. The predicted molar refractivity (Wildman–Crippen MR) is 169 cm³/mol. The Hall–Kier alpha value is -6.39. The fourth-order valence-corrected chi connectivity index (χ4v) is 4.53. The van der Waals surface area contributed by atoms with Gasteiger partial charge in [-0.3, -0.25) is 4.57 Å². The van der Waals surface area contributed by atoms with Crippen LogP contribution in [0.25, 0.3) is 11.0 Å². The number of carboxylic acid groups (broad SMARTS) is 1. The largest absolute Gasteiger partial charge is 0.493 e. The van der Waals surface area contributed by atoms with E-state index < -0.39 is 42.5 Å². The molecule has 14 nitrogen and oxygen atoms in total. The van der Waals surface area contributed by atoms with E-state index in [9.17, 15) is 37.5 Å². The summed E-state index contributed by atoms with van der Waals surface area (Å²) in [6.07, 6.45) is -4.76. The molecule has 4 N–H and O–H groups in total. The number of alkyl carbamates (subject to hydrolysis) is 1. The quantitative estimate of drug-likeness (QED) is 0.149. The minimum atomic E-state index is -5.22. The van der Waals surface area contributed by atoms with E-state index in [1.54, 1.807) is 79.7 Å². The Balaban J connectivity index is 1.20. The Morgan fingerprint density at radius 2 is 1.63 bits per heavy atom. The van der Waals surface area contributed by atoms with Gasteiger partial charge in [0, 0.05) is 24.0 Å². The number of halogens is 3. The third-order valence-electron chi connectivity index (χ3n) is 6.95. The summed E-state index contributed by atoms with van der Waals surface area (Å²) in [4.78, 5) is 61.1. The highest BCUT2D eigenvalue weighted by Gasteiger charge is 2.42. The molecule has 2 heterocycles. The molecule has 0 unspecified atom stereocenters. The van der Waals surface area contributed by atoms with Crippen LogP contribution in [-0.4, -0.2) is 54.6 Å². The second-order valence-corrected chi connectivity index (χ2v) is 10.6. The van der Waals surface area contributed by atoms with Gasteiger partial charge in [-0.25, -0.2) is 24.2 Å². The van der Waals surface area contributed by atoms with Gasteiger partial charge >= 0.3 is 29.9 Å². The molecule has 5 rings (SSSR count). The van der Waals surface area contributed by atoms with Crippen LogP contribution in [0, 0.1) is 6.92 Å². The fourth-order valence-electron chi connectivity index (χ4n) is 4.53. The summed E-state index contributed by atoms with van der Waals surface area (Å²) in [6.45, 7) is 1.41. The third kappa shape index (κ3) is 8.70. The van der Waals surface area contributed by atoms with Crippen molar-refractivity contribution in [3.8, 4) is 0 Å². The van der Waals surface area contributed by atoms with Crippen LogP contribution in [-0.2, 0) is 34.0 Å². The highest BCUT2D eigenvalue weighted by atomic mass is 19.4. The van der Waals surface area contributed by atoms with Gasteiger partial charge in [-0.05, 0) is 42.3 Å². The monoisotopic (exact) mass is 679 g/mol. The average molecular weight is 680 g/mol. The maximum Gasteiger partial charge on any atom is 0.493 e. The van der Waals surface area contributed by atoms with Crippen molar-refractivity contribution in [3.63, 3.8) is 0 Å². The lowest BCUT2D eigenvalue weighted by Gasteiger charge is -2.17. The summed E-state index contributed by atoms with van der Waals surface area (Å²) in [5.74, 6) is -3.70. The number of hydrogen-bond acceptors (Lipinski definition) is 10. The van der Waals surface area contributed by atoms with Crippen LogP contribution in [0.1, 0.15) is 16.7 Å². The van der Waals surface area contributed by atoms with Crippen LogP contribution in [0.4, 0.5) is 35.4 Å². The zero-order valence-electron chi connectivity index (χ0n) is 25.6. The Kier molecular flexibility index (Phi) is 10.1. The van der Waals surface area contributed by atoms with Crippen LogP contribution in [0.15, 0.2) is 89.9 Å². The number of aromatic nitrogens is 4. The molecule has 3 aromatic carbocycles. The topological polar surface area (TPSA) is 179 Å². The normalized spacial score (nSPS) is 11.8. The van der Waals surface area contributed by atoms with Gasteiger partial charge in [0.15, 0.2) is 0 Å². The summed E-state index contributed by atoms with van der Waals surface area (Å²) < 4.78 is 45.5. The second-order valence-electron chi connectivity index (χ2n) is 10.6. The smallest absolute Gasteiger partial charge is 0.480 e. The average Bonchev–Trinajstić information content (AvgIpc) is 3.41. The molecule has 0 radical (unpaired) electrons. The van der Waals surface area contributed by atoms with E-state index in [-0.39, 0.29) is 30.4 Å². The summed E-state index contributed by atoms with van der Waals surface area (Å²) in [5.41, 5.74) is 2.06. The number of aliphatic carboxylic acids is 1. The number of carboxylic acids is 1. The van der Waals surface area contributed by atoms with Crippen LogP contribution in [0.2, 0.25) is 0 Å². The highest BCUT2D eigenvalue weighted by Crippen LogP contribution is 2.24. The van der Waals surface area contributed by atoms with Gasteiger partial charge in [0.2, 0.25) is 5.95 Å². The molecule has 17 heteroatoms. The van der Waals surface area contributed by atoms with Crippen molar-refractivity contribution in [1.82, 2.24) is 24.6 Å². The van der Waals surface area contributed by atoms with Gasteiger partial charge in [0.05, 0.1) is 12.1 Å². The Bertz CT molecular complexity index is 2030. The Morgan fingerprint density at radius 3 is 2.33 bits per heavy atom. The summed E-state index contributed by atoms with van der Waals surface area (Å²) in [7, 11) is 0. The first-order chi connectivity index (χ1) is 23.4. The number of benzene rings is 3. The van der Waals surface area contributed by atoms with Crippen molar-refractivity contribution in [3.05, 3.63) is 112 Å². The Morgan fingerprint density at radius 1 is 0.939 bits per heavy atom. The van der Waals surface area contributed by atoms with E-state index >= 15 is 0 Å². The summed E-state index contributed by atoms with van der Waals surface area (Å²) in [6, 6.07) is 20.2. The molecule has 0 spiro atoms. The lowest BCUT2D eigenvalue weighted by molar-refractivity contribution is -0.199. The number of amides is 1. The number of fused-ring (bicyclic) bond motifs is 1. The lowest BCUT2D eigenvalue weighted by atomic mass is 10.2. The van der Waals surface area contributed by atoms with Gasteiger partial charge < -0.3 is 30.6 Å². The fraction of sp³-hybridized carbons (Fsp3) is 0.188. The molecule has 0 saturated carbocycles. The molecular formula is C32H28F3N7O7. The molecule has 0 aliphatic heterocycles. The molecule has 0 aliphatic carbocycles. The van der Waals surface area contributed by atoms with Crippen molar-refractivity contribution in [2.24, 2.45) is 0 Å². The number of imidazole rings is 1. The van der Waals surface area contributed by atoms with Crippen molar-refractivity contribution in [1.29, 1.82) is 0 Å². The number of alkyl halides is 3. The number of aryl methyl sites for hydroxylation is 1. The number of anilines is 3. The number of carbonyl (C=O) groups excluding carboxylic acids is 2. The Labute approximate surface area is 275 Å². The van der Waals surface area contributed by atoms with Gasteiger partial charge in [0.25, 0.3) is 0 Å². The van der Waals surface area contributed by atoms with Crippen molar-refractivity contribution in [2.45, 2.75) is 38.8 Å². The summed E-state index contributed by atoms with van der Waals surface area (Å²) >= 11 is 0. The first-order valence-electron chi connectivity index (χ1n) is 14.5. The predicted octanol–water partition coefficient (Wildman–Crippen LogP) is 4.15. The molecule has 254 valence electrons. The number of carbonyl (C=O) groups is 3. The molecule has 0 aliphatic rings. The standard InChI is InChI=1S/C32H28F3N7O7/c1-19-16-41(17-24(27(43)44)39-31(47)48-18-21-7-3-2-4-8-21)30(46)40-26(19)36-15-20-11-13-22(14-12-20)37-29-38-23-9-5-6-10-25(23)42(29)49-28(45)32(33,34)35/h2-14,16,24H,15,17-18H2,1H3,(H,37,38)(H,39,47)(H,43,44)(H,36,40,46)/t24-/m0/s1. The highest BCUT2D eigenvalue weighted by molar-refractivity contribution is 5.82. The van der Waals surface area contributed by atoms with Crippen LogP contribution in [0.3, 0.4) is 0 Å². The van der Waals surface area contributed by atoms with Crippen LogP contribution < -0.4 is 26.5 Å². The third-order valence-corrected chi connectivity index (χ3v) is 6.95. The van der Waals surface area contributed by atoms with Crippen molar-refractivity contribution >= 4 is 46.5 Å². The first kappa shape index (κ1) is 34.0.